The van der Waals surface area contributed by atoms with Crippen molar-refractivity contribution in [2.45, 2.75) is 82.1 Å². The fourth-order valence-electron chi connectivity index (χ4n) is 6.02. The lowest BCUT2D eigenvalue weighted by atomic mass is 9.96. The van der Waals surface area contributed by atoms with E-state index in [1.165, 1.54) is 0 Å². The molecule has 8 nitrogen and oxygen atoms in total. The number of anilines is 1. The number of phenolic OH excluding ortho intramolecular Hbond substituents is 1. The van der Waals surface area contributed by atoms with Crippen LogP contribution in [0.4, 0.5) is 10.3 Å². The zero-order valence-electron chi connectivity index (χ0n) is 20.9. The van der Waals surface area contributed by atoms with Gasteiger partial charge in [-0.15, -0.1) is 10.2 Å². The highest BCUT2D eigenvalue weighted by molar-refractivity contribution is 5.75. The fraction of sp³-hybridized carbons (Fsp3) is 0.464. The highest BCUT2D eigenvalue weighted by Gasteiger charge is 2.48. The predicted molar refractivity (Wildman–Crippen MR) is 136 cm³/mol. The van der Waals surface area contributed by atoms with E-state index in [-0.39, 0.29) is 23.9 Å². The molecule has 0 radical (unpaired) electrons. The number of aromatic hydroxyl groups is 1. The molecule has 2 bridgehead atoms. The van der Waals surface area contributed by atoms with Crippen LogP contribution in [0.3, 0.4) is 0 Å². The molecule has 1 aromatic heterocycles. The molecular formula is C28H30FN5O3. The van der Waals surface area contributed by atoms with E-state index in [1.54, 1.807) is 12.3 Å². The van der Waals surface area contributed by atoms with Crippen molar-refractivity contribution in [1.29, 1.82) is 0 Å². The van der Waals surface area contributed by atoms with E-state index in [0.29, 0.717) is 34.7 Å². The van der Waals surface area contributed by atoms with E-state index in [1.807, 2.05) is 44.2 Å². The molecule has 0 amide bonds. The first-order chi connectivity index (χ1) is 17.8. The maximum absolute atomic E-state index is 15.3. The third kappa shape index (κ3) is 4.05. The average molecular weight is 504 g/mol. The van der Waals surface area contributed by atoms with Crippen molar-refractivity contribution in [3.8, 4) is 39.6 Å². The molecule has 37 heavy (non-hydrogen) atoms. The second kappa shape index (κ2) is 8.28. The molecule has 7 rings (SSSR count). The van der Waals surface area contributed by atoms with Crippen molar-refractivity contribution < 1.29 is 19.0 Å². The van der Waals surface area contributed by atoms with Gasteiger partial charge in [0.05, 0.1) is 12.2 Å². The van der Waals surface area contributed by atoms with Crippen LogP contribution < -0.4 is 19.7 Å². The Balaban J connectivity index is 1.13. The number of aromatic nitrogens is 3. The number of ether oxygens (including phenoxy) is 2. The van der Waals surface area contributed by atoms with E-state index >= 15 is 4.39 Å². The number of hydrogen-bond acceptors (Lipinski definition) is 8. The summed E-state index contributed by atoms with van der Waals surface area (Å²) in [6.45, 7) is 3.73. The fourth-order valence-corrected chi connectivity index (χ4v) is 6.02. The summed E-state index contributed by atoms with van der Waals surface area (Å²) in [6.07, 6.45) is 5.40. The molecular weight excluding hydrogens is 473 g/mol. The molecule has 1 aliphatic carbocycles. The van der Waals surface area contributed by atoms with Gasteiger partial charge in [-0.25, -0.2) is 9.37 Å². The number of benzene rings is 2. The minimum atomic E-state index is -0.943. The molecule has 2 saturated heterocycles. The molecule has 192 valence electrons. The topological polar surface area (TPSA) is 92.6 Å². The summed E-state index contributed by atoms with van der Waals surface area (Å²) < 4.78 is 26.9. The van der Waals surface area contributed by atoms with Gasteiger partial charge in [0.1, 0.15) is 17.6 Å². The maximum Gasteiger partial charge on any atom is 0.246 e. The first-order valence-electron chi connectivity index (χ1n) is 13.1. The van der Waals surface area contributed by atoms with Gasteiger partial charge in [-0.1, -0.05) is 12.1 Å². The molecule has 3 fully saturated rings. The van der Waals surface area contributed by atoms with E-state index in [0.717, 1.165) is 43.2 Å². The van der Waals surface area contributed by atoms with Gasteiger partial charge >= 0.3 is 0 Å². The number of nitrogens with zero attached hydrogens (tertiary/aromatic N) is 4. The quantitative estimate of drug-likeness (QED) is 0.521. The zero-order valence-corrected chi connectivity index (χ0v) is 20.9. The number of rotatable bonds is 5. The molecule has 4 aliphatic rings. The van der Waals surface area contributed by atoms with E-state index in [2.05, 4.69) is 25.4 Å². The zero-order chi connectivity index (χ0) is 25.3. The molecule has 4 heterocycles. The Kier molecular flexibility index (Phi) is 5.08. The lowest BCUT2D eigenvalue weighted by Crippen LogP contribution is -2.57. The molecule has 3 aromatic rings. The number of phenols is 1. The van der Waals surface area contributed by atoms with Crippen LogP contribution >= 0.6 is 0 Å². The number of hydrogen-bond donors (Lipinski definition) is 2. The Morgan fingerprint density at radius 3 is 2.54 bits per heavy atom. The van der Waals surface area contributed by atoms with Gasteiger partial charge in [-0.05, 0) is 67.5 Å². The second-order valence-electron chi connectivity index (χ2n) is 11.1. The Bertz CT molecular complexity index is 1350. The smallest absolute Gasteiger partial charge is 0.246 e. The Labute approximate surface area is 214 Å². The van der Waals surface area contributed by atoms with Gasteiger partial charge < -0.3 is 24.8 Å². The summed E-state index contributed by atoms with van der Waals surface area (Å²) in [5.41, 5.74) is 2.75. The van der Waals surface area contributed by atoms with Gasteiger partial charge in [0.25, 0.3) is 0 Å². The van der Waals surface area contributed by atoms with Crippen LogP contribution in [0.25, 0.3) is 22.4 Å². The first-order valence-corrected chi connectivity index (χ1v) is 13.1. The summed E-state index contributed by atoms with van der Waals surface area (Å²) in [6, 6.07) is 11.5. The number of alkyl halides is 1. The predicted octanol–water partition coefficient (Wildman–Crippen LogP) is 4.62. The van der Waals surface area contributed by atoms with Crippen LogP contribution in [-0.4, -0.2) is 56.4 Å². The molecule has 0 unspecified atom stereocenters. The Morgan fingerprint density at radius 1 is 1.00 bits per heavy atom. The van der Waals surface area contributed by atoms with Crippen molar-refractivity contribution >= 4 is 5.95 Å². The molecule has 2 aromatic carbocycles. The van der Waals surface area contributed by atoms with Gasteiger partial charge in [-0.3, -0.25) is 0 Å². The van der Waals surface area contributed by atoms with Crippen molar-refractivity contribution in [2.75, 3.05) is 4.90 Å². The van der Waals surface area contributed by atoms with Crippen LogP contribution in [0.1, 0.15) is 46.0 Å². The van der Waals surface area contributed by atoms with Crippen LogP contribution in [-0.2, 0) is 0 Å². The molecule has 4 atom stereocenters. The average Bonchev–Trinajstić information content (AvgIpc) is 3.54. The largest absolute Gasteiger partial charge is 0.507 e. The van der Waals surface area contributed by atoms with Gasteiger partial charge in [-0.2, -0.15) is 0 Å². The van der Waals surface area contributed by atoms with Crippen LogP contribution in [0.5, 0.6) is 17.2 Å². The van der Waals surface area contributed by atoms with Crippen molar-refractivity contribution in [3.05, 3.63) is 42.6 Å². The normalized spacial score (nSPS) is 27.3. The molecule has 3 aliphatic heterocycles. The molecule has 9 heteroatoms. The molecule has 0 spiro atoms. The second-order valence-corrected chi connectivity index (χ2v) is 11.1. The Morgan fingerprint density at radius 2 is 1.78 bits per heavy atom. The van der Waals surface area contributed by atoms with E-state index < -0.39 is 12.0 Å². The van der Waals surface area contributed by atoms with Gasteiger partial charge in [0, 0.05) is 37.5 Å². The van der Waals surface area contributed by atoms with Crippen LogP contribution in [0, 0.1) is 0 Å². The SMILES string of the molecule is CC1(C)Oc2ccc(-c3ccc(-c4cnc(N(C5CC5)[C@@H]5C[C@@H]6CC[C@H](N6)[C@@H]5F)nn4)c(O)c3)cc2O1. The summed E-state index contributed by atoms with van der Waals surface area (Å²) in [5, 5.41) is 23.0. The van der Waals surface area contributed by atoms with E-state index in [4.69, 9.17) is 9.47 Å². The van der Waals surface area contributed by atoms with Gasteiger partial charge in [0.15, 0.2) is 11.5 Å². The monoisotopic (exact) mass is 503 g/mol. The van der Waals surface area contributed by atoms with Crippen molar-refractivity contribution in [3.63, 3.8) is 0 Å². The van der Waals surface area contributed by atoms with Crippen molar-refractivity contribution in [1.82, 2.24) is 20.5 Å². The third-order valence-electron chi connectivity index (χ3n) is 7.89. The van der Waals surface area contributed by atoms with Gasteiger partial charge in [0.2, 0.25) is 11.7 Å². The maximum atomic E-state index is 15.3. The summed E-state index contributed by atoms with van der Waals surface area (Å²) >= 11 is 0. The molecule has 2 N–H and O–H groups in total. The number of piperidine rings is 1. The first kappa shape index (κ1) is 22.7. The lowest BCUT2D eigenvalue weighted by Gasteiger charge is -2.40. The highest BCUT2D eigenvalue weighted by atomic mass is 19.1. The standard InChI is InChI=1S/C28H30FN5O3/c1-28(2)36-24-10-4-16(12-25(24)37-28)15-3-8-19(23(35)11-15)21-14-30-27(33-32-21)34(18-6-7-18)22-13-17-5-9-20(31-17)26(22)29/h3-4,8,10-12,14,17-18,20,22,26,31,35H,5-7,9,13H2,1-2H3/t17-,20-,22+,26-/m0/s1. The number of fused-ring (bicyclic) bond motifs is 3. The Hall–Kier alpha value is -3.46. The lowest BCUT2D eigenvalue weighted by molar-refractivity contribution is -0.0431. The number of nitrogens with one attached hydrogen (secondary N) is 1. The molecule has 1 saturated carbocycles. The minimum Gasteiger partial charge on any atom is -0.507 e. The van der Waals surface area contributed by atoms with E-state index in [9.17, 15) is 5.11 Å². The summed E-state index contributed by atoms with van der Waals surface area (Å²) in [7, 11) is 0. The highest BCUT2D eigenvalue weighted by Crippen LogP contribution is 2.43. The summed E-state index contributed by atoms with van der Waals surface area (Å²) in [4.78, 5) is 6.66. The minimum absolute atomic E-state index is 0.0797. The van der Waals surface area contributed by atoms with Crippen LogP contribution in [0.15, 0.2) is 42.6 Å². The van der Waals surface area contributed by atoms with Crippen molar-refractivity contribution in [2.24, 2.45) is 0 Å². The third-order valence-corrected chi connectivity index (χ3v) is 7.89. The number of halogens is 1. The van der Waals surface area contributed by atoms with Crippen LogP contribution in [0.2, 0.25) is 0 Å². The summed E-state index contributed by atoms with van der Waals surface area (Å²) in [5.74, 6) is 1.23.